The number of aromatic nitrogens is 5. The van der Waals surface area contributed by atoms with Gasteiger partial charge in [-0.15, -0.1) is 5.10 Å². The molecule has 0 aliphatic heterocycles. The van der Waals surface area contributed by atoms with Crippen LogP contribution in [-0.2, 0) is 19.3 Å². The summed E-state index contributed by atoms with van der Waals surface area (Å²) in [6.45, 7) is 0.0454. The highest BCUT2D eigenvalue weighted by Gasteiger charge is 2.27. The van der Waals surface area contributed by atoms with E-state index >= 15 is 0 Å². The zero-order valence-electron chi connectivity index (χ0n) is 15.6. The Balaban J connectivity index is 1.64. The molecular formula is C19H15F2N6O2P. The average molecular weight is 428 g/mol. The van der Waals surface area contributed by atoms with Gasteiger partial charge >= 0.3 is 0 Å². The molecule has 8 nitrogen and oxygen atoms in total. The predicted octanol–water partition coefficient (Wildman–Crippen LogP) is 3.84. The predicted molar refractivity (Wildman–Crippen MR) is 105 cm³/mol. The maximum Gasteiger partial charge on any atom is 0.284 e. The SMILES string of the molecule is Cn1nc(COc2cc(-c3nn[nH]c3C#N)cc(C(F)(F)P)c2)cc1-c1ccco1. The summed E-state index contributed by atoms with van der Waals surface area (Å²) in [7, 11) is 3.25. The summed E-state index contributed by atoms with van der Waals surface area (Å²) in [6, 6.07) is 11.3. The molecule has 0 aliphatic rings. The second-order valence-corrected chi connectivity index (χ2v) is 7.15. The van der Waals surface area contributed by atoms with Crippen molar-refractivity contribution in [3.8, 4) is 34.5 Å². The van der Waals surface area contributed by atoms with Gasteiger partial charge in [0.1, 0.15) is 35.5 Å². The van der Waals surface area contributed by atoms with Crippen molar-refractivity contribution in [2.45, 2.75) is 12.3 Å². The Bertz CT molecular complexity index is 1220. The van der Waals surface area contributed by atoms with Crippen LogP contribution in [0.15, 0.2) is 47.1 Å². The van der Waals surface area contributed by atoms with Crippen molar-refractivity contribution in [2.24, 2.45) is 7.05 Å². The Morgan fingerprint density at radius 3 is 2.87 bits per heavy atom. The first-order valence-electron chi connectivity index (χ1n) is 8.68. The Hall–Kier alpha value is -3.57. The first-order chi connectivity index (χ1) is 14.3. The van der Waals surface area contributed by atoms with Gasteiger partial charge in [-0.2, -0.15) is 19.1 Å². The molecule has 0 bridgehead atoms. The quantitative estimate of drug-likeness (QED) is 0.468. The van der Waals surface area contributed by atoms with Gasteiger partial charge in [0.2, 0.25) is 0 Å². The summed E-state index contributed by atoms with van der Waals surface area (Å²) in [4.78, 5) is 0. The van der Waals surface area contributed by atoms with E-state index in [4.69, 9.17) is 14.4 Å². The zero-order valence-corrected chi connectivity index (χ0v) is 16.8. The maximum atomic E-state index is 14.0. The number of benzene rings is 1. The molecule has 0 saturated carbocycles. The van der Waals surface area contributed by atoms with Crippen LogP contribution in [-0.4, -0.2) is 25.2 Å². The summed E-state index contributed by atoms with van der Waals surface area (Å²) in [5.41, 5.74) is -1.63. The Morgan fingerprint density at radius 1 is 1.33 bits per heavy atom. The van der Waals surface area contributed by atoms with Crippen molar-refractivity contribution in [3.05, 3.63) is 59.6 Å². The lowest BCUT2D eigenvalue weighted by Crippen LogP contribution is -2.05. The van der Waals surface area contributed by atoms with E-state index in [1.54, 1.807) is 30.1 Å². The number of ether oxygens (including phenoxy) is 1. The molecule has 0 radical (unpaired) electrons. The molecule has 0 saturated heterocycles. The van der Waals surface area contributed by atoms with E-state index in [0.717, 1.165) is 5.69 Å². The number of aryl methyl sites for hydroxylation is 1. The molecule has 3 heterocycles. The number of rotatable bonds is 6. The minimum absolute atomic E-state index is 0.0454. The van der Waals surface area contributed by atoms with E-state index in [9.17, 15) is 8.78 Å². The van der Waals surface area contributed by atoms with Crippen LogP contribution in [0, 0.1) is 11.3 Å². The molecule has 152 valence electrons. The Labute approximate surface area is 171 Å². The second-order valence-electron chi connectivity index (χ2n) is 6.43. The number of hydrogen-bond acceptors (Lipinski definition) is 6. The van der Waals surface area contributed by atoms with Crippen LogP contribution >= 0.6 is 9.24 Å². The van der Waals surface area contributed by atoms with Crippen LogP contribution in [0.2, 0.25) is 0 Å². The van der Waals surface area contributed by atoms with Crippen molar-refractivity contribution in [2.75, 3.05) is 0 Å². The number of aromatic amines is 1. The van der Waals surface area contributed by atoms with Gasteiger partial charge in [-0.3, -0.25) is 4.68 Å². The maximum absolute atomic E-state index is 14.0. The Kier molecular flexibility index (Phi) is 5.06. The molecule has 11 heteroatoms. The summed E-state index contributed by atoms with van der Waals surface area (Å²) < 4.78 is 40.7. The third kappa shape index (κ3) is 3.93. The minimum Gasteiger partial charge on any atom is -0.487 e. The van der Waals surface area contributed by atoms with Crippen LogP contribution in [0.1, 0.15) is 17.0 Å². The fraction of sp³-hybridized carbons (Fsp3) is 0.158. The molecule has 1 atom stereocenters. The number of nitrogens with one attached hydrogen (secondary N) is 1. The number of alkyl halides is 2. The summed E-state index contributed by atoms with van der Waals surface area (Å²) in [6.07, 6.45) is 1.56. The van der Waals surface area contributed by atoms with E-state index < -0.39 is 5.66 Å². The van der Waals surface area contributed by atoms with Gasteiger partial charge in [-0.1, -0.05) is 14.5 Å². The van der Waals surface area contributed by atoms with Gasteiger partial charge in [-0.25, -0.2) is 5.10 Å². The lowest BCUT2D eigenvalue weighted by atomic mass is 10.1. The van der Waals surface area contributed by atoms with Crippen LogP contribution in [0.3, 0.4) is 0 Å². The minimum atomic E-state index is -3.19. The smallest absolute Gasteiger partial charge is 0.284 e. The van der Waals surface area contributed by atoms with Crippen molar-refractivity contribution >= 4 is 9.24 Å². The first kappa shape index (κ1) is 19.7. The number of nitrogens with zero attached hydrogens (tertiary/aromatic N) is 5. The van der Waals surface area contributed by atoms with Crippen LogP contribution in [0.25, 0.3) is 22.7 Å². The first-order valence-corrected chi connectivity index (χ1v) is 9.26. The van der Waals surface area contributed by atoms with Gasteiger partial charge in [0.15, 0.2) is 11.5 Å². The number of H-pyrrole nitrogens is 1. The van der Waals surface area contributed by atoms with Crippen LogP contribution in [0.5, 0.6) is 5.75 Å². The number of hydrogen-bond donors (Lipinski definition) is 1. The highest BCUT2D eigenvalue weighted by atomic mass is 31.0. The lowest BCUT2D eigenvalue weighted by Gasteiger charge is -2.14. The molecule has 0 fully saturated rings. The highest BCUT2D eigenvalue weighted by Crippen LogP contribution is 2.39. The normalized spacial score (nSPS) is 11.4. The fourth-order valence-corrected chi connectivity index (χ4v) is 3.10. The average Bonchev–Trinajstić information content (AvgIpc) is 3.45. The molecule has 1 unspecified atom stereocenters. The van der Waals surface area contributed by atoms with Crippen LogP contribution < -0.4 is 4.74 Å². The number of nitriles is 1. The summed E-state index contributed by atoms with van der Waals surface area (Å²) in [5, 5.41) is 23.3. The van der Waals surface area contributed by atoms with E-state index in [1.165, 1.54) is 27.4 Å². The molecule has 1 N–H and O–H groups in total. The molecule has 1 aromatic carbocycles. The summed E-state index contributed by atoms with van der Waals surface area (Å²) in [5.74, 6) is 0.833. The summed E-state index contributed by atoms with van der Waals surface area (Å²) >= 11 is 0. The molecular weight excluding hydrogens is 413 g/mol. The third-order valence-corrected chi connectivity index (χ3v) is 4.65. The molecule has 4 aromatic rings. The van der Waals surface area contributed by atoms with E-state index in [0.29, 0.717) is 11.5 Å². The molecule has 3 aromatic heterocycles. The van der Waals surface area contributed by atoms with Crippen LogP contribution in [0.4, 0.5) is 8.78 Å². The van der Waals surface area contributed by atoms with Crippen molar-refractivity contribution in [1.29, 1.82) is 5.26 Å². The van der Waals surface area contributed by atoms with Crippen molar-refractivity contribution in [3.63, 3.8) is 0 Å². The topological polar surface area (TPSA) is 106 Å². The molecule has 0 aliphatic carbocycles. The zero-order chi connectivity index (χ0) is 21.3. The number of furan rings is 1. The molecule has 0 spiro atoms. The van der Waals surface area contributed by atoms with Gasteiger partial charge in [0.25, 0.3) is 5.66 Å². The third-order valence-electron chi connectivity index (χ3n) is 4.32. The molecule has 0 amide bonds. The van der Waals surface area contributed by atoms with E-state index in [2.05, 4.69) is 20.5 Å². The monoisotopic (exact) mass is 428 g/mol. The van der Waals surface area contributed by atoms with Crippen molar-refractivity contribution < 1.29 is 17.9 Å². The van der Waals surface area contributed by atoms with Crippen molar-refractivity contribution in [1.82, 2.24) is 25.2 Å². The fourth-order valence-electron chi connectivity index (χ4n) is 2.93. The van der Waals surface area contributed by atoms with E-state index in [-0.39, 0.29) is 34.9 Å². The van der Waals surface area contributed by atoms with Gasteiger partial charge in [0, 0.05) is 18.2 Å². The van der Waals surface area contributed by atoms with Gasteiger partial charge < -0.3 is 9.15 Å². The largest absolute Gasteiger partial charge is 0.487 e. The standard InChI is InChI=1S/C19H15F2N6O2P/c1-27-16(17-3-2-4-28-17)8-13(25-27)10-29-14-6-11(5-12(7-14)19(20,21)30)18-15(9-22)23-26-24-18/h2-8H,10,30H2,1H3,(H,23,24,26). The molecule has 4 rings (SSSR count). The van der Waals surface area contributed by atoms with Gasteiger partial charge in [-0.05, 0) is 36.4 Å². The van der Waals surface area contributed by atoms with E-state index in [1.807, 2.05) is 12.1 Å². The lowest BCUT2D eigenvalue weighted by molar-refractivity contribution is 0.103. The van der Waals surface area contributed by atoms with Gasteiger partial charge in [0.05, 0.1) is 6.26 Å². The highest BCUT2D eigenvalue weighted by molar-refractivity contribution is 7.17. The Morgan fingerprint density at radius 2 is 2.17 bits per heavy atom. The second kappa shape index (κ2) is 7.69. The molecule has 30 heavy (non-hydrogen) atoms. The number of halogens is 2.